The van der Waals surface area contributed by atoms with E-state index >= 15 is 0 Å². The van der Waals surface area contributed by atoms with Crippen molar-refractivity contribution in [3.63, 3.8) is 0 Å². The average Bonchev–Trinajstić information content (AvgIpc) is 3.56. The summed E-state index contributed by atoms with van der Waals surface area (Å²) in [7, 11) is 0. The summed E-state index contributed by atoms with van der Waals surface area (Å²) in [6.45, 7) is 25.0. The van der Waals surface area contributed by atoms with E-state index in [1.807, 2.05) is 30.3 Å². The Balaban J connectivity index is 0.000000358. The molecule has 3 aromatic rings. The summed E-state index contributed by atoms with van der Waals surface area (Å²) in [6.07, 6.45) is 9.31. The molecule has 2 aliphatic carbocycles. The van der Waals surface area contributed by atoms with Crippen LogP contribution in [-0.2, 0) is 41.5 Å². The fraction of sp³-hybridized carbons (Fsp3) is 0.429. The van der Waals surface area contributed by atoms with Crippen molar-refractivity contribution in [2.45, 2.75) is 106 Å². The van der Waals surface area contributed by atoms with Crippen molar-refractivity contribution in [1.29, 1.82) is 0 Å². The first-order chi connectivity index (χ1) is 19.6. The van der Waals surface area contributed by atoms with Crippen molar-refractivity contribution in [2.75, 3.05) is 0 Å². The third-order valence-electron chi connectivity index (χ3n) is 7.79. The molecule has 232 valence electrons. The van der Waals surface area contributed by atoms with Gasteiger partial charge in [0.1, 0.15) is 0 Å². The van der Waals surface area contributed by atoms with E-state index < -0.39 is 0 Å². The van der Waals surface area contributed by atoms with Crippen LogP contribution in [0.2, 0.25) is 0 Å². The van der Waals surface area contributed by atoms with Crippen molar-refractivity contribution >= 4 is 4.21 Å². The molecule has 0 saturated heterocycles. The van der Waals surface area contributed by atoms with Crippen molar-refractivity contribution in [2.24, 2.45) is 11.3 Å². The molecule has 0 fully saturated rings. The Morgan fingerprint density at radius 1 is 0.791 bits per heavy atom. The maximum atomic E-state index is 3.57. The predicted octanol–water partition coefficient (Wildman–Crippen LogP) is 11.7. The number of fused-ring (bicyclic) bond motifs is 3. The molecule has 0 heterocycles. The average molecular weight is 652 g/mol. The fourth-order valence-electron chi connectivity index (χ4n) is 5.19. The summed E-state index contributed by atoms with van der Waals surface area (Å²) in [4.78, 5) is 0. The monoisotopic (exact) mass is 650 g/mol. The molecule has 2 aliphatic rings. The van der Waals surface area contributed by atoms with E-state index in [0.717, 1.165) is 12.8 Å². The molecule has 0 bridgehead atoms. The Hall–Kier alpha value is -2.11. The molecule has 1 atom stereocenters. The van der Waals surface area contributed by atoms with Crippen LogP contribution in [0.1, 0.15) is 111 Å². The van der Waals surface area contributed by atoms with Gasteiger partial charge in [0, 0.05) is 0 Å². The van der Waals surface area contributed by atoms with Crippen LogP contribution >= 0.6 is 0 Å². The molecule has 0 saturated carbocycles. The van der Waals surface area contributed by atoms with E-state index in [9.17, 15) is 0 Å². The van der Waals surface area contributed by atoms with Gasteiger partial charge < -0.3 is 7.43 Å². The molecular formula is C42H56Zr-4. The largest absolute Gasteiger partial charge is 0.358 e. The van der Waals surface area contributed by atoms with Crippen molar-refractivity contribution < 1.29 is 24.2 Å². The van der Waals surface area contributed by atoms with Gasteiger partial charge in [-0.1, -0.05) is 135 Å². The van der Waals surface area contributed by atoms with E-state index in [-0.39, 0.29) is 18.3 Å². The van der Waals surface area contributed by atoms with E-state index in [1.165, 1.54) is 75.2 Å². The second-order valence-electron chi connectivity index (χ2n) is 14.2. The topological polar surface area (TPSA) is 0 Å². The zero-order valence-corrected chi connectivity index (χ0v) is 31.7. The van der Waals surface area contributed by atoms with Gasteiger partial charge in [-0.15, -0.1) is 5.56 Å². The molecule has 0 spiro atoms. The Labute approximate surface area is 281 Å². The zero-order valence-electron chi connectivity index (χ0n) is 29.3. The second-order valence-corrected chi connectivity index (χ2v) is 14.2. The van der Waals surface area contributed by atoms with Crippen LogP contribution in [0.15, 0.2) is 77.9 Å². The molecule has 0 amide bonds. The first-order valence-electron chi connectivity index (χ1n) is 15.5. The number of allylic oxidation sites excluding steroid dienone is 4. The van der Waals surface area contributed by atoms with E-state index in [4.69, 9.17) is 0 Å². The van der Waals surface area contributed by atoms with E-state index in [0.29, 0.717) is 11.3 Å². The third kappa shape index (κ3) is 11.1. The maximum absolute atomic E-state index is 3.57. The van der Waals surface area contributed by atoms with Gasteiger partial charge in [0.05, 0.1) is 0 Å². The minimum absolute atomic E-state index is 0. The minimum atomic E-state index is 0. The standard InChI is InChI=1S/C21H25.C13H21.C6H5.CH3.CH2.Zr/c1-20(2,3)16-9-7-14-11-15-8-10-17(21(4,5)6)13-19(15)18(14)12-16;1-6-10-8-11(7-2)12(9-10)13(3,4)5;1-2-4-6-5-3-1;;;/h7,9-10,12-13H,11H2,1-6H3;9-10H,6-7H2,1-5H3;1-5H;1H3;1H2;/q4*-1;;. The molecule has 0 radical (unpaired) electrons. The zero-order chi connectivity index (χ0) is 31.7. The molecule has 3 aromatic carbocycles. The van der Waals surface area contributed by atoms with Crippen molar-refractivity contribution in [3.05, 3.63) is 126 Å². The van der Waals surface area contributed by atoms with Gasteiger partial charge in [0.25, 0.3) is 0 Å². The van der Waals surface area contributed by atoms with Gasteiger partial charge in [-0.3, -0.25) is 6.08 Å². The van der Waals surface area contributed by atoms with Crippen LogP contribution in [0.4, 0.5) is 0 Å². The van der Waals surface area contributed by atoms with E-state index in [2.05, 4.69) is 135 Å². The quantitative estimate of drug-likeness (QED) is 0.189. The molecular weight excluding hydrogens is 596 g/mol. The predicted molar refractivity (Wildman–Crippen MR) is 188 cm³/mol. The summed E-state index contributed by atoms with van der Waals surface area (Å²) in [6, 6.07) is 27.6. The Bertz CT molecular complexity index is 1250. The Morgan fingerprint density at radius 3 is 1.79 bits per heavy atom. The van der Waals surface area contributed by atoms with Gasteiger partial charge >= 0.3 is 28.4 Å². The van der Waals surface area contributed by atoms with Gasteiger partial charge in [-0.25, -0.2) is 5.57 Å². The molecule has 0 aliphatic heterocycles. The molecule has 0 N–H and O–H groups in total. The number of benzene rings is 3. The van der Waals surface area contributed by atoms with Gasteiger partial charge in [-0.2, -0.15) is 77.4 Å². The molecule has 43 heavy (non-hydrogen) atoms. The minimum Gasteiger partial charge on any atom is -0.358 e. The summed E-state index contributed by atoms with van der Waals surface area (Å²) >= 11 is 1.30. The summed E-state index contributed by atoms with van der Waals surface area (Å²) in [5.41, 5.74) is 12.0. The van der Waals surface area contributed by atoms with Crippen LogP contribution in [0.25, 0.3) is 11.1 Å². The van der Waals surface area contributed by atoms with Gasteiger partial charge in [0.2, 0.25) is 0 Å². The molecule has 0 nitrogen and oxygen atoms in total. The van der Waals surface area contributed by atoms with Crippen LogP contribution < -0.4 is 0 Å². The summed E-state index contributed by atoms with van der Waals surface area (Å²) in [5, 5.41) is 0. The molecule has 0 aromatic heterocycles. The number of hydrogen-bond donors (Lipinski definition) is 0. The Morgan fingerprint density at radius 2 is 1.37 bits per heavy atom. The van der Waals surface area contributed by atoms with Gasteiger partial charge in [-0.05, 0) is 17.4 Å². The first-order valence-corrected chi connectivity index (χ1v) is 17.2. The smallest absolute Gasteiger partial charge is 0.171 e. The van der Waals surface area contributed by atoms with Crippen molar-refractivity contribution in [1.82, 2.24) is 0 Å². The summed E-state index contributed by atoms with van der Waals surface area (Å²) in [5.74, 6) is 0.573. The van der Waals surface area contributed by atoms with Crippen LogP contribution in [0.5, 0.6) is 0 Å². The number of hydrogen-bond acceptors (Lipinski definition) is 0. The van der Waals surface area contributed by atoms with Gasteiger partial charge in [0.15, 0.2) is 0 Å². The van der Waals surface area contributed by atoms with Crippen molar-refractivity contribution in [3.8, 4) is 11.1 Å². The molecule has 5 rings (SSSR count). The Kier molecular flexibility index (Phi) is 15.2. The SMILES string of the molecule is CC(C)(C)c1c[c-]c2c(c1)-c1cc(C(C)(C)C)ccc1C2.CCC1=[C-]C(CC)C=C1C(C)(C)C.[CH2]=[Zr].[CH3-].[c-]1ccccc1. The first kappa shape index (κ1) is 38.9. The second kappa shape index (κ2) is 16.8. The maximum Gasteiger partial charge on any atom is -0.171 e. The molecule has 1 unspecified atom stereocenters. The third-order valence-corrected chi connectivity index (χ3v) is 7.79. The van der Waals surface area contributed by atoms with Crippen LogP contribution in [0.3, 0.4) is 0 Å². The normalized spacial score (nSPS) is 15.0. The fourth-order valence-corrected chi connectivity index (χ4v) is 5.19. The summed E-state index contributed by atoms with van der Waals surface area (Å²) < 4.78 is 3.34. The number of rotatable bonds is 2. The molecule has 1 heteroatoms. The van der Waals surface area contributed by atoms with Crippen LogP contribution in [-0.4, -0.2) is 4.21 Å². The van der Waals surface area contributed by atoms with E-state index in [1.54, 1.807) is 0 Å². The van der Waals surface area contributed by atoms with Crippen LogP contribution in [0, 0.1) is 37.0 Å².